The number of aromatic hydroxyl groups is 3. The Labute approximate surface area is 316 Å². The van der Waals surface area contributed by atoms with E-state index in [2.05, 4.69) is 45.5 Å². The lowest BCUT2D eigenvalue weighted by molar-refractivity contribution is 0.0697. The van der Waals surface area contributed by atoms with Gasteiger partial charge in [0, 0.05) is 21.8 Å². The summed E-state index contributed by atoms with van der Waals surface area (Å²) in [7, 11) is 0. The second-order valence-electron chi connectivity index (χ2n) is 12.6. The van der Waals surface area contributed by atoms with Gasteiger partial charge in [-0.25, -0.2) is 4.79 Å². The Kier molecular flexibility index (Phi) is 16.4. The van der Waals surface area contributed by atoms with Crippen LogP contribution in [0.5, 0.6) is 17.2 Å². The molecule has 0 amide bonds. The van der Waals surface area contributed by atoms with E-state index in [0.717, 1.165) is 33.0 Å². The molecule has 0 heterocycles. The fourth-order valence-electron chi connectivity index (χ4n) is 4.30. The van der Waals surface area contributed by atoms with Crippen LogP contribution in [0.15, 0.2) is 138 Å². The first-order chi connectivity index (χ1) is 24.9. The average Bonchev–Trinajstić information content (AvgIpc) is 3.11. The molecule has 0 aliphatic rings. The number of rotatable bonds is 2. The van der Waals surface area contributed by atoms with Crippen molar-refractivity contribution in [2.75, 3.05) is 28.7 Å². The van der Waals surface area contributed by atoms with Crippen LogP contribution >= 0.6 is 12.6 Å². The molecule has 0 saturated carbocycles. The standard InChI is InChI=1S/C12H11N.C10H15NO.C7H7NO3.C7H9NO.C6H7NS/c13-12-9-5-4-8-11(12)10-6-2-1-3-7-10;1-10(2,3)7-4-5-9(12)8(11)6-7;8-6-4(7(10)11)2-1-3-5(6)9;1-5-2-3-7(9)6(8)4-5;7-5-3-1-2-4-6(5)8/h1-9H,13H2;4-6,12H,11H2,1-3H3;1-3,9H,8H2,(H,10,11);2-4,9H,8H2,1H3;1-4,8H,7H2. The summed E-state index contributed by atoms with van der Waals surface area (Å²) in [6.07, 6.45) is 0. The molecule has 6 aromatic rings. The van der Waals surface area contributed by atoms with Crippen molar-refractivity contribution in [3.8, 4) is 28.4 Å². The summed E-state index contributed by atoms with van der Waals surface area (Å²) in [5.74, 6) is -1.04. The molecule has 0 unspecified atom stereocenters. The zero-order valence-electron chi connectivity index (χ0n) is 30.2. The second kappa shape index (κ2) is 20.4. The van der Waals surface area contributed by atoms with Gasteiger partial charge in [0.25, 0.3) is 0 Å². The summed E-state index contributed by atoms with van der Waals surface area (Å²) in [5, 5.41) is 35.6. The van der Waals surface area contributed by atoms with Crippen LogP contribution in [0, 0.1) is 6.92 Å². The van der Waals surface area contributed by atoms with Crippen molar-refractivity contribution in [2.24, 2.45) is 0 Å². The highest BCUT2D eigenvalue weighted by Crippen LogP contribution is 2.29. The first-order valence-corrected chi connectivity index (χ1v) is 16.7. The van der Waals surface area contributed by atoms with Crippen molar-refractivity contribution < 1.29 is 25.2 Å². The number of carboxylic acids is 1. The number of phenolic OH excluding ortho intramolecular Hbond substituents is 3. The number of para-hydroxylation sites is 3. The second-order valence-corrected chi connectivity index (χ2v) is 13.1. The van der Waals surface area contributed by atoms with Crippen molar-refractivity contribution in [1.29, 1.82) is 0 Å². The fourth-order valence-corrected chi connectivity index (χ4v) is 4.46. The van der Waals surface area contributed by atoms with Crippen LogP contribution in [0.25, 0.3) is 11.1 Å². The highest BCUT2D eigenvalue weighted by Gasteiger charge is 2.14. The van der Waals surface area contributed by atoms with Gasteiger partial charge >= 0.3 is 5.97 Å². The summed E-state index contributed by atoms with van der Waals surface area (Å²) in [6.45, 7) is 8.26. The van der Waals surface area contributed by atoms with Crippen molar-refractivity contribution >= 4 is 47.0 Å². The van der Waals surface area contributed by atoms with E-state index in [9.17, 15) is 9.90 Å². The van der Waals surface area contributed by atoms with E-state index in [1.54, 1.807) is 18.2 Å². The molecule has 0 bridgehead atoms. The first kappa shape index (κ1) is 42.7. The molecule has 0 aliphatic heterocycles. The molecule has 0 atom stereocenters. The van der Waals surface area contributed by atoms with Crippen LogP contribution in [-0.2, 0) is 5.41 Å². The SMILES string of the molecule is CC(C)(C)c1ccc(O)c(N)c1.Cc1ccc(O)c(N)c1.Nc1c(O)cccc1C(=O)O.Nc1ccccc1-c1ccccc1.Nc1ccccc1S. The molecule has 0 saturated heterocycles. The number of aromatic carboxylic acids is 1. The van der Waals surface area contributed by atoms with Gasteiger partial charge in [0.15, 0.2) is 0 Å². The molecule has 11 heteroatoms. The van der Waals surface area contributed by atoms with Gasteiger partial charge in [0.1, 0.15) is 17.2 Å². The predicted molar refractivity (Wildman–Crippen MR) is 222 cm³/mol. The maximum Gasteiger partial charge on any atom is 0.337 e. The van der Waals surface area contributed by atoms with Crippen LogP contribution in [0.3, 0.4) is 0 Å². The summed E-state index contributed by atoms with van der Waals surface area (Å²) in [6, 6.07) is 40.1. The smallest absolute Gasteiger partial charge is 0.337 e. The Morgan fingerprint density at radius 2 is 1.09 bits per heavy atom. The van der Waals surface area contributed by atoms with Crippen LogP contribution in [0.1, 0.15) is 42.3 Å². The molecule has 0 aromatic heterocycles. The minimum absolute atomic E-state index is 0.0787. The number of nitrogens with two attached hydrogens (primary N) is 5. The molecule has 6 aromatic carbocycles. The largest absolute Gasteiger partial charge is 0.506 e. The quantitative estimate of drug-likeness (QED) is 0.0462. The molecular formula is C42H49N5O5S. The summed E-state index contributed by atoms with van der Waals surface area (Å²) < 4.78 is 0. The predicted octanol–water partition coefficient (Wildman–Crippen LogP) is 8.72. The van der Waals surface area contributed by atoms with Gasteiger partial charge in [0.05, 0.1) is 22.6 Å². The van der Waals surface area contributed by atoms with E-state index in [1.165, 1.54) is 23.8 Å². The molecule has 6 rings (SSSR count). The third-order valence-corrected chi connectivity index (χ3v) is 7.78. The average molecular weight is 736 g/mol. The van der Waals surface area contributed by atoms with Crippen molar-refractivity contribution in [1.82, 2.24) is 0 Å². The van der Waals surface area contributed by atoms with E-state index >= 15 is 0 Å². The van der Waals surface area contributed by atoms with Crippen molar-refractivity contribution in [3.05, 3.63) is 150 Å². The molecule has 0 radical (unpaired) electrons. The van der Waals surface area contributed by atoms with Gasteiger partial charge in [-0.3, -0.25) is 0 Å². The molecule has 0 aliphatic carbocycles. The topological polar surface area (TPSA) is 228 Å². The van der Waals surface area contributed by atoms with Crippen molar-refractivity contribution in [3.63, 3.8) is 0 Å². The zero-order valence-corrected chi connectivity index (χ0v) is 31.1. The van der Waals surface area contributed by atoms with Gasteiger partial charge in [-0.05, 0) is 83.6 Å². The number of phenols is 3. The number of benzene rings is 6. The monoisotopic (exact) mass is 735 g/mol. The highest BCUT2D eigenvalue weighted by atomic mass is 32.1. The maximum atomic E-state index is 10.4. The zero-order chi connectivity index (χ0) is 39.7. The lowest BCUT2D eigenvalue weighted by Crippen LogP contribution is -2.11. The fraction of sp³-hybridized carbons (Fsp3) is 0.119. The van der Waals surface area contributed by atoms with E-state index in [-0.39, 0.29) is 33.9 Å². The molecule has 10 nitrogen and oxygen atoms in total. The van der Waals surface area contributed by atoms with E-state index < -0.39 is 5.97 Å². The Hall–Kier alpha value is -6.46. The first-order valence-electron chi connectivity index (χ1n) is 16.3. The number of carbonyl (C=O) groups is 1. The molecular weight excluding hydrogens is 687 g/mol. The number of thiol groups is 1. The maximum absolute atomic E-state index is 10.4. The highest BCUT2D eigenvalue weighted by molar-refractivity contribution is 7.80. The van der Waals surface area contributed by atoms with E-state index in [0.29, 0.717) is 11.4 Å². The lowest BCUT2D eigenvalue weighted by Gasteiger charge is -2.19. The summed E-state index contributed by atoms with van der Waals surface area (Å²) >= 11 is 4.07. The van der Waals surface area contributed by atoms with Crippen LogP contribution in [0.2, 0.25) is 0 Å². The van der Waals surface area contributed by atoms with E-state index in [4.69, 9.17) is 44.0 Å². The molecule has 53 heavy (non-hydrogen) atoms. The summed E-state index contributed by atoms with van der Waals surface area (Å²) in [5.41, 5.74) is 34.3. The van der Waals surface area contributed by atoms with E-state index in [1.807, 2.05) is 91.9 Å². The number of hydrogen-bond acceptors (Lipinski definition) is 10. The molecule has 0 spiro atoms. The number of aryl methyl sites for hydroxylation is 1. The van der Waals surface area contributed by atoms with Gasteiger partial charge in [-0.2, -0.15) is 0 Å². The third kappa shape index (κ3) is 14.4. The van der Waals surface area contributed by atoms with Gasteiger partial charge in [-0.1, -0.05) is 99.6 Å². The van der Waals surface area contributed by atoms with Gasteiger partial charge in [0.2, 0.25) is 0 Å². The van der Waals surface area contributed by atoms with Gasteiger partial charge < -0.3 is 49.1 Å². The number of carboxylic acid groups (broad SMARTS) is 1. The molecule has 278 valence electrons. The minimum atomic E-state index is -1.14. The minimum Gasteiger partial charge on any atom is -0.506 e. The number of anilines is 5. The number of hydrogen-bond donors (Lipinski definition) is 10. The molecule has 0 fully saturated rings. The molecule has 14 N–H and O–H groups in total. The Morgan fingerprint density at radius 3 is 1.55 bits per heavy atom. The number of nitrogen functional groups attached to an aromatic ring is 5. The van der Waals surface area contributed by atoms with Crippen LogP contribution < -0.4 is 28.7 Å². The lowest BCUT2D eigenvalue weighted by atomic mass is 9.87. The third-order valence-electron chi connectivity index (χ3n) is 7.37. The van der Waals surface area contributed by atoms with Crippen molar-refractivity contribution in [2.45, 2.75) is 38.0 Å². The Balaban J connectivity index is 0.000000232. The summed E-state index contributed by atoms with van der Waals surface area (Å²) in [4.78, 5) is 11.2. The Morgan fingerprint density at radius 1 is 0.566 bits per heavy atom. The van der Waals surface area contributed by atoms with Gasteiger partial charge in [-0.15, -0.1) is 12.6 Å². The normalized spacial score (nSPS) is 9.98. The van der Waals surface area contributed by atoms with Crippen LogP contribution in [0.4, 0.5) is 28.4 Å². The van der Waals surface area contributed by atoms with Crippen LogP contribution in [-0.4, -0.2) is 26.4 Å². The Bertz CT molecular complexity index is 2050.